The third-order valence-electron chi connectivity index (χ3n) is 3.75. The van der Waals surface area contributed by atoms with Crippen molar-refractivity contribution in [3.8, 4) is 0 Å². The molecule has 0 bridgehead atoms. The predicted octanol–water partition coefficient (Wildman–Crippen LogP) is 1.43. The summed E-state index contributed by atoms with van der Waals surface area (Å²) in [5.74, 6) is 1.08. The van der Waals surface area contributed by atoms with E-state index in [1.54, 1.807) is 12.4 Å². The van der Waals surface area contributed by atoms with Crippen LogP contribution in [0.2, 0.25) is 0 Å². The number of aromatic nitrogens is 2. The minimum atomic E-state index is -2.96. The number of nitrogens with zero attached hydrogens (tertiary/aromatic N) is 2. The van der Waals surface area contributed by atoms with Gasteiger partial charge in [-0.25, -0.2) is 13.4 Å². The van der Waals surface area contributed by atoms with Gasteiger partial charge in [0.1, 0.15) is 5.82 Å². The van der Waals surface area contributed by atoms with E-state index < -0.39 is 9.84 Å². The zero-order valence-electron chi connectivity index (χ0n) is 10.6. The highest BCUT2D eigenvalue weighted by Crippen LogP contribution is 2.23. The van der Waals surface area contributed by atoms with Gasteiger partial charge < -0.3 is 10.1 Å². The second-order valence-corrected chi connectivity index (χ2v) is 7.52. The normalized spacial score (nSPS) is 22.6. The van der Waals surface area contributed by atoms with E-state index in [1.807, 2.05) is 16.5 Å². The minimum absolute atomic E-state index is 0.298. The van der Waals surface area contributed by atoms with Crippen molar-refractivity contribution in [2.24, 2.45) is 0 Å². The van der Waals surface area contributed by atoms with Gasteiger partial charge >= 0.3 is 0 Å². The molecule has 2 aromatic heterocycles. The summed E-state index contributed by atoms with van der Waals surface area (Å²) >= 11 is 0. The Hall–Kier alpha value is -1.56. The summed E-state index contributed by atoms with van der Waals surface area (Å²) in [5, 5.41) is -0.298. The quantitative estimate of drug-likeness (QED) is 0.902. The molecule has 1 fully saturated rings. The van der Waals surface area contributed by atoms with Gasteiger partial charge in [-0.15, -0.1) is 0 Å². The van der Waals surface area contributed by atoms with E-state index in [1.165, 1.54) is 0 Å². The molecule has 0 saturated carbocycles. The van der Waals surface area contributed by atoms with E-state index in [0.29, 0.717) is 17.9 Å². The maximum absolute atomic E-state index is 12.0. The zero-order chi connectivity index (χ0) is 13.5. The Labute approximate surface area is 112 Å². The van der Waals surface area contributed by atoms with Crippen molar-refractivity contribution in [3.05, 3.63) is 30.4 Å². The van der Waals surface area contributed by atoms with Crippen molar-refractivity contribution >= 4 is 21.0 Å². The van der Waals surface area contributed by atoms with Crippen LogP contribution < -0.4 is 5.73 Å². The van der Waals surface area contributed by atoms with Crippen LogP contribution in [-0.2, 0) is 16.3 Å². The molecular weight excluding hydrogens is 262 g/mol. The van der Waals surface area contributed by atoms with Crippen LogP contribution in [-0.4, -0.2) is 28.8 Å². The van der Waals surface area contributed by atoms with Crippen LogP contribution in [0.4, 0.5) is 5.69 Å². The molecule has 3 rings (SSSR count). The van der Waals surface area contributed by atoms with E-state index in [9.17, 15) is 8.42 Å². The molecule has 0 aromatic carbocycles. The highest BCUT2D eigenvalue weighted by molar-refractivity contribution is 7.92. The van der Waals surface area contributed by atoms with Gasteiger partial charge in [0, 0.05) is 18.3 Å². The number of anilines is 1. The number of pyridine rings is 1. The number of sulfone groups is 1. The van der Waals surface area contributed by atoms with Crippen LogP contribution in [0.25, 0.3) is 5.52 Å². The largest absolute Gasteiger partial charge is 0.398 e. The molecule has 2 aromatic rings. The van der Waals surface area contributed by atoms with Crippen molar-refractivity contribution in [1.29, 1.82) is 0 Å². The molecule has 5 nitrogen and oxygen atoms in total. The van der Waals surface area contributed by atoms with Gasteiger partial charge in [-0.3, -0.25) is 0 Å². The maximum Gasteiger partial charge on any atom is 0.153 e. The first-order valence-corrected chi connectivity index (χ1v) is 8.21. The van der Waals surface area contributed by atoms with Gasteiger partial charge in [0.05, 0.1) is 22.7 Å². The number of rotatable bonds is 2. The first-order chi connectivity index (χ1) is 9.06. The Morgan fingerprint density at radius 1 is 1.37 bits per heavy atom. The fourth-order valence-electron chi connectivity index (χ4n) is 2.67. The lowest BCUT2D eigenvalue weighted by Crippen LogP contribution is -2.30. The molecule has 1 aliphatic rings. The molecule has 3 heterocycles. The fourth-order valence-corrected chi connectivity index (χ4v) is 4.53. The molecule has 0 radical (unpaired) electrons. The third-order valence-corrected chi connectivity index (χ3v) is 6.03. The number of hydrogen-bond acceptors (Lipinski definition) is 4. The summed E-state index contributed by atoms with van der Waals surface area (Å²) in [5.41, 5.74) is 7.36. The molecule has 1 saturated heterocycles. The lowest BCUT2D eigenvalue weighted by atomic mass is 10.1. The van der Waals surface area contributed by atoms with Gasteiger partial charge in [0.15, 0.2) is 9.84 Å². The van der Waals surface area contributed by atoms with Crippen molar-refractivity contribution in [2.45, 2.75) is 30.9 Å². The molecule has 6 heteroatoms. The van der Waals surface area contributed by atoms with Crippen LogP contribution in [0.1, 0.15) is 25.1 Å². The van der Waals surface area contributed by atoms with E-state index >= 15 is 0 Å². The van der Waals surface area contributed by atoms with Crippen LogP contribution in [0.5, 0.6) is 0 Å². The third kappa shape index (κ3) is 2.32. The highest BCUT2D eigenvalue weighted by Gasteiger charge is 2.29. The van der Waals surface area contributed by atoms with Gasteiger partial charge in [-0.05, 0) is 25.0 Å². The van der Waals surface area contributed by atoms with Gasteiger partial charge in [0.2, 0.25) is 0 Å². The number of fused-ring (bicyclic) bond motifs is 1. The van der Waals surface area contributed by atoms with E-state index in [2.05, 4.69) is 4.98 Å². The van der Waals surface area contributed by atoms with Gasteiger partial charge in [0.25, 0.3) is 0 Å². The average molecular weight is 279 g/mol. The summed E-state index contributed by atoms with van der Waals surface area (Å²) in [7, 11) is -2.96. The maximum atomic E-state index is 12.0. The minimum Gasteiger partial charge on any atom is -0.398 e. The standard InChI is InChI=1S/C13H17N3O2S/c14-10-4-5-11-8-15-13(16(11)9-10)7-12-3-1-2-6-19(12,17)18/h4-5,8-9,12H,1-3,6-7,14H2. The topological polar surface area (TPSA) is 77.5 Å². The molecule has 2 N–H and O–H groups in total. The Bertz CT molecular complexity index is 706. The van der Waals surface area contributed by atoms with Crippen molar-refractivity contribution in [2.75, 3.05) is 11.5 Å². The molecule has 0 spiro atoms. The summed E-state index contributed by atoms with van der Waals surface area (Å²) in [4.78, 5) is 4.34. The lowest BCUT2D eigenvalue weighted by Gasteiger charge is -2.21. The molecule has 0 amide bonds. The number of nitrogen functional groups attached to an aromatic ring is 1. The van der Waals surface area contributed by atoms with Gasteiger partial charge in [-0.2, -0.15) is 0 Å². The molecule has 1 atom stereocenters. The second kappa shape index (κ2) is 4.52. The first kappa shape index (κ1) is 12.5. The zero-order valence-corrected chi connectivity index (χ0v) is 11.4. The number of nitrogens with two attached hydrogens (primary N) is 1. The fraction of sp³-hybridized carbons (Fsp3) is 0.462. The van der Waals surface area contributed by atoms with Gasteiger partial charge in [-0.1, -0.05) is 6.42 Å². The predicted molar refractivity (Wildman–Crippen MR) is 74.7 cm³/mol. The molecule has 0 aliphatic carbocycles. The smallest absolute Gasteiger partial charge is 0.153 e. The SMILES string of the molecule is Nc1ccc2cnc(CC3CCCCS3(=O)=O)n2c1. The van der Waals surface area contributed by atoms with Crippen LogP contribution in [0.15, 0.2) is 24.5 Å². The van der Waals surface area contributed by atoms with Crippen molar-refractivity contribution in [1.82, 2.24) is 9.38 Å². The second-order valence-electron chi connectivity index (χ2n) is 5.12. The Morgan fingerprint density at radius 3 is 3.00 bits per heavy atom. The number of imidazole rings is 1. The summed E-state index contributed by atoms with van der Waals surface area (Å²) in [6, 6.07) is 3.71. The molecule has 102 valence electrons. The van der Waals surface area contributed by atoms with E-state index in [0.717, 1.165) is 30.6 Å². The molecule has 19 heavy (non-hydrogen) atoms. The number of hydrogen-bond donors (Lipinski definition) is 1. The Morgan fingerprint density at radius 2 is 2.21 bits per heavy atom. The monoisotopic (exact) mass is 279 g/mol. The van der Waals surface area contributed by atoms with Crippen molar-refractivity contribution < 1.29 is 8.42 Å². The van der Waals surface area contributed by atoms with E-state index in [4.69, 9.17) is 5.73 Å². The average Bonchev–Trinajstić information content (AvgIpc) is 2.74. The highest BCUT2D eigenvalue weighted by atomic mass is 32.2. The van der Waals surface area contributed by atoms with Crippen molar-refractivity contribution in [3.63, 3.8) is 0 Å². The molecule has 1 aliphatic heterocycles. The van der Waals surface area contributed by atoms with Crippen LogP contribution in [0.3, 0.4) is 0 Å². The molecule has 1 unspecified atom stereocenters. The summed E-state index contributed by atoms with van der Waals surface area (Å²) in [6.07, 6.45) is 6.53. The first-order valence-electron chi connectivity index (χ1n) is 6.49. The van der Waals surface area contributed by atoms with Crippen LogP contribution in [0, 0.1) is 0 Å². The Kier molecular flexibility index (Phi) is 2.97. The van der Waals surface area contributed by atoms with Crippen LogP contribution >= 0.6 is 0 Å². The Balaban J connectivity index is 1.95. The lowest BCUT2D eigenvalue weighted by molar-refractivity contribution is 0.534. The molecular formula is C13H17N3O2S. The van der Waals surface area contributed by atoms with E-state index in [-0.39, 0.29) is 5.25 Å². The summed E-state index contributed by atoms with van der Waals surface area (Å²) < 4.78 is 26.0. The summed E-state index contributed by atoms with van der Waals surface area (Å²) in [6.45, 7) is 0.